The fourth-order valence-corrected chi connectivity index (χ4v) is 3.81. The molecular weight excluding hydrogens is 415 g/mol. The second-order valence-electron chi connectivity index (χ2n) is 6.61. The van der Waals surface area contributed by atoms with Gasteiger partial charge in [-0.1, -0.05) is 6.42 Å². The monoisotopic (exact) mass is 432 g/mol. The summed E-state index contributed by atoms with van der Waals surface area (Å²) in [6, 6.07) is 6.26. The van der Waals surface area contributed by atoms with Crippen LogP contribution in [0.5, 0.6) is 0 Å². The van der Waals surface area contributed by atoms with Crippen LogP contribution in [-0.2, 0) is 13.0 Å². The number of hydrogen-bond donors (Lipinski definition) is 1. The number of benzene rings is 1. The van der Waals surface area contributed by atoms with Gasteiger partial charge in [-0.3, -0.25) is 4.79 Å². The molecule has 1 N–H and O–H groups in total. The Morgan fingerprint density at radius 1 is 1.26 bits per heavy atom. The van der Waals surface area contributed by atoms with E-state index < -0.39 is 11.7 Å². The van der Waals surface area contributed by atoms with E-state index in [-0.39, 0.29) is 11.4 Å². The Morgan fingerprint density at radius 2 is 2.11 bits per heavy atom. The second kappa shape index (κ2) is 7.26. The van der Waals surface area contributed by atoms with E-state index in [1.54, 1.807) is 25.1 Å². The fourth-order valence-electron chi connectivity index (χ4n) is 3.31. The molecule has 0 fully saturated rings. The first-order valence-electron chi connectivity index (χ1n) is 8.82. The number of carbonyl (C=O) groups is 1. The number of furan rings is 1. The first kappa shape index (κ1) is 17.9. The van der Waals surface area contributed by atoms with Gasteiger partial charge >= 0.3 is 0 Å². The zero-order valence-corrected chi connectivity index (χ0v) is 16.3. The second-order valence-corrected chi connectivity index (χ2v) is 7.40. The summed E-state index contributed by atoms with van der Waals surface area (Å²) >= 11 is 3.19. The minimum absolute atomic E-state index is 0.0791. The lowest BCUT2D eigenvalue weighted by molar-refractivity contribution is 0.0994. The van der Waals surface area contributed by atoms with Gasteiger partial charge in [-0.05, 0) is 60.0 Å². The van der Waals surface area contributed by atoms with Gasteiger partial charge in [-0.2, -0.15) is 0 Å². The number of fused-ring (bicyclic) bond motifs is 1. The first-order valence-corrected chi connectivity index (χ1v) is 9.61. The van der Waals surface area contributed by atoms with Crippen molar-refractivity contribution in [2.45, 2.75) is 39.2 Å². The van der Waals surface area contributed by atoms with Crippen molar-refractivity contribution in [3.05, 3.63) is 51.9 Å². The summed E-state index contributed by atoms with van der Waals surface area (Å²) in [5, 5.41) is 11.2. The van der Waals surface area contributed by atoms with Gasteiger partial charge in [0, 0.05) is 24.1 Å². The van der Waals surface area contributed by atoms with Crippen LogP contribution in [0.4, 0.5) is 10.1 Å². The molecule has 0 saturated carbocycles. The number of aryl methyl sites for hydroxylation is 2. The highest BCUT2D eigenvalue weighted by molar-refractivity contribution is 9.10. The first-order chi connectivity index (χ1) is 13.0. The number of aromatic nitrogens is 3. The van der Waals surface area contributed by atoms with Gasteiger partial charge in [-0.25, -0.2) is 4.39 Å². The van der Waals surface area contributed by atoms with Crippen LogP contribution in [0, 0.1) is 12.7 Å². The summed E-state index contributed by atoms with van der Waals surface area (Å²) in [7, 11) is 0. The van der Waals surface area contributed by atoms with Crippen LogP contribution in [0.3, 0.4) is 0 Å². The molecule has 1 aliphatic heterocycles. The lowest BCUT2D eigenvalue weighted by atomic mass is 10.1. The summed E-state index contributed by atoms with van der Waals surface area (Å²) in [6.45, 7) is 2.60. The van der Waals surface area contributed by atoms with Crippen molar-refractivity contribution >= 4 is 27.5 Å². The molecule has 0 spiro atoms. The van der Waals surface area contributed by atoms with Crippen LogP contribution < -0.4 is 5.32 Å². The fraction of sp³-hybridized carbons (Fsp3) is 0.316. The van der Waals surface area contributed by atoms with E-state index in [4.69, 9.17) is 4.42 Å². The lowest BCUT2D eigenvalue weighted by Gasteiger charge is -2.10. The highest BCUT2D eigenvalue weighted by atomic mass is 79.9. The minimum Gasteiger partial charge on any atom is -0.444 e. The zero-order chi connectivity index (χ0) is 19.0. The highest BCUT2D eigenvalue weighted by Gasteiger charge is 2.20. The van der Waals surface area contributed by atoms with Gasteiger partial charge in [-0.15, -0.1) is 10.2 Å². The molecule has 6 nitrogen and oxygen atoms in total. The molecule has 1 amide bonds. The Labute approximate surface area is 163 Å². The van der Waals surface area contributed by atoms with Crippen LogP contribution in [0.2, 0.25) is 0 Å². The normalized spacial score (nSPS) is 13.9. The SMILES string of the molecule is Cc1cc(Br)oc1C(=O)Nc1cc(-c2nnc3n2CCCCC3)ccc1F. The molecule has 0 unspecified atom stereocenters. The van der Waals surface area contributed by atoms with Crippen LogP contribution >= 0.6 is 15.9 Å². The van der Waals surface area contributed by atoms with E-state index in [2.05, 4.69) is 36.0 Å². The van der Waals surface area contributed by atoms with E-state index >= 15 is 0 Å². The van der Waals surface area contributed by atoms with Gasteiger partial charge in [0.25, 0.3) is 5.91 Å². The van der Waals surface area contributed by atoms with E-state index in [0.717, 1.165) is 38.1 Å². The highest BCUT2D eigenvalue weighted by Crippen LogP contribution is 2.27. The maximum absolute atomic E-state index is 14.3. The molecule has 0 atom stereocenters. The average Bonchev–Trinajstić information content (AvgIpc) is 3.10. The van der Waals surface area contributed by atoms with Crippen LogP contribution in [0.1, 0.15) is 41.2 Å². The molecule has 0 bridgehead atoms. The molecule has 1 aromatic carbocycles. The number of anilines is 1. The molecule has 3 heterocycles. The Bertz CT molecular complexity index is 1010. The summed E-state index contributed by atoms with van der Waals surface area (Å²) in [5.41, 5.74) is 1.46. The molecule has 27 heavy (non-hydrogen) atoms. The van der Waals surface area contributed by atoms with Gasteiger partial charge in [0.2, 0.25) is 0 Å². The standard InChI is InChI=1S/C19H18BrFN4O2/c1-11-9-15(20)27-17(11)19(26)22-14-10-12(6-7-13(14)21)18-24-23-16-5-3-2-4-8-25(16)18/h6-7,9-10H,2-5,8H2,1H3,(H,22,26). The molecule has 2 aromatic heterocycles. The lowest BCUT2D eigenvalue weighted by Crippen LogP contribution is -2.13. The molecule has 4 rings (SSSR count). The van der Waals surface area contributed by atoms with E-state index in [9.17, 15) is 9.18 Å². The molecular formula is C19H18BrFN4O2. The predicted molar refractivity (Wildman–Crippen MR) is 102 cm³/mol. The largest absolute Gasteiger partial charge is 0.444 e. The number of halogens is 2. The van der Waals surface area contributed by atoms with E-state index in [1.807, 2.05) is 0 Å². The minimum atomic E-state index is -0.522. The Morgan fingerprint density at radius 3 is 2.89 bits per heavy atom. The zero-order valence-electron chi connectivity index (χ0n) is 14.8. The summed E-state index contributed by atoms with van der Waals surface area (Å²) < 4.78 is 22.2. The topological polar surface area (TPSA) is 73.0 Å². The van der Waals surface area contributed by atoms with E-state index in [0.29, 0.717) is 21.6 Å². The van der Waals surface area contributed by atoms with Crippen molar-refractivity contribution in [1.29, 1.82) is 0 Å². The molecule has 3 aromatic rings. The molecule has 0 radical (unpaired) electrons. The van der Waals surface area contributed by atoms with Crippen molar-refractivity contribution in [3.63, 3.8) is 0 Å². The Balaban J connectivity index is 1.65. The van der Waals surface area contributed by atoms with Crippen LogP contribution in [-0.4, -0.2) is 20.7 Å². The molecule has 1 aliphatic rings. The maximum Gasteiger partial charge on any atom is 0.291 e. The number of amides is 1. The third-order valence-electron chi connectivity index (χ3n) is 4.68. The number of nitrogens with one attached hydrogen (secondary N) is 1. The summed E-state index contributed by atoms with van der Waals surface area (Å²) in [6.07, 6.45) is 4.21. The van der Waals surface area contributed by atoms with Crippen molar-refractivity contribution in [2.75, 3.05) is 5.32 Å². The maximum atomic E-state index is 14.3. The Hall–Kier alpha value is -2.48. The summed E-state index contributed by atoms with van der Waals surface area (Å²) in [5.74, 6) is 0.760. The van der Waals surface area contributed by atoms with Crippen LogP contribution in [0.15, 0.2) is 33.4 Å². The third kappa shape index (κ3) is 3.53. The number of hydrogen-bond acceptors (Lipinski definition) is 4. The Kier molecular flexibility index (Phi) is 4.82. The molecule has 8 heteroatoms. The van der Waals surface area contributed by atoms with Gasteiger partial charge in [0.05, 0.1) is 5.69 Å². The third-order valence-corrected chi connectivity index (χ3v) is 5.07. The van der Waals surface area contributed by atoms with Crippen molar-refractivity contribution < 1.29 is 13.6 Å². The molecule has 0 aliphatic carbocycles. The number of nitrogens with zero attached hydrogens (tertiary/aromatic N) is 3. The van der Waals surface area contributed by atoms with Crippen LogP contribution in [0.25, 0.3) is 11.4 Å². The number of carbonyl (C=O) groups excluding carboxylic acids is 1. The molecule has 0 saturated heterocycles. The van der Waals surface area contributed by atoms with Gasteiger partial charge in [0.1, 0.15) is 11.6 Å². The summed E-state index contributed by atoms with van der Waals surface area (Å²) in [4.78, 5) is 12.5. The van der Waals surface area contributed by atoms with Crippen molar-refractivity contribution in [3.8, 4) is 11.4 Å². The van der Waals surface area contributed by atoms with Crippen molar-refractivity contribution in [1.82, 2.24) is 14.8 Å². The smallest absolute Gasteiger partial charge is 0.291 e. The van der Waals surface area contributed by atoms with Gasteiger partial charge in [0.15, 0.2) is 16.3 Å². The average molecular weight is 433 g/mol. The van der Waals surface area contributed by atoms with Crippen molar-refractivity contribution in [2.24, 2.45) is 0 Å². The van der Waals surface area contributed by atoms with Gasteiger partial charge < -0.3 is 14.3 Å². The quantitative estimate of drug-likeness (QED) is 0.649. The van der Waals surface area contributed by atoms with E-state index in [1.165, 1.54) is 6.07 Å². The molecule has 140 valence electrons. The predicted octanol–water partition coefficient (Wildman–Crippen LogP) is 4.73. The number of rotatable bonds is 3.